The highest BCUT2D eigenvalue weighted by molar-refractivity contribution is 6.31. The second-order valence-corrected chi connectivity index (χ2v) is 2.70. The van der Waals surface area contributed by atoms with Crippen molar-refractivity contribution in [1.82, 2.24) is 0 Å². The Balaban J connectivity index is 2.35. The molecule has 1 rings (SSSR count). The van der Waals surface area contributed by atoms with E-state index in [1.807, 2.05) is 6.21 Å². The number of nitrogens with zero attached hydrogens (tertiary/aromatic N) is 2. The minimum atomic E-state index is 0.655. The summed E-state index contributed by atoms with van der Waals surface area (Å²) in [6, 6.07) is 0. The Morgan fingerprint density at radius 2 is 2.44 bits per heavy atom. The molecule has 0 radical (unpaired) electrons. The number of aliphatic imine (C=N–C) groups is 2. The molecule has 1 aliphatic heterocycles. The molecular weight excluding hydrogens is 112 g/mol. The van der Waals surface area contributed by atoms with Crippen LogP contribution in [0.4, 0.5) is 0 Å². The SMILES string of the molecule is CC(C)CC1=NCN=C1. The highest BCUT2D eigenvalue weighted by Gasteiger charge is 2.02. The lowest BCUT2D eigenvalue weighted by atomic mass is 10.1. The highest BCUT2D eigenvalue weighted by atomic mass is 15.0. The summed E-state index contributed by atoms with van der Waals surface area (Å²) in [5.41, 5.74) is 1.16. The molecule has 50 valence electrons. The molecule has 2 nitrogen and oxygen atoms in total. The zero-order valence-corrected chi connectivity index (χ0v) is 5.96. The zero-order chi connectivity index (χ0) is 6.69. The van der Waals surface area contributed by atoms with E-state index in [-0.39, 0.29) is 0 Å². The first kappa shape index (κ1) is 6.46. The molecule has 0 bridgehead atoms. The van der Waals surface area contributed by atoms with E-state index in [2.05, 4.69) is 23.8 Å². The van der Waals surface area contributed by atoms with E-state index in [1.54, 1.807) is 0 Å². The Hall–Kier alpha value is -0.660. The quantitative estimate of drug-likeness (QED) is 0.533. The van der Waals surface area contributed by atoms with E-state index in [9.17, 15) is 0 Å². The van der Waals surface area contributed by atoms with Gasteiger partial charge in [0, 0.05) is 6.21 Å². The number of hydrogen-bond donors (Lipinski definition) is 0. The Bertz CT molecular complexity index is 145. The summed E-state index contributed by atoms with van der Waals surface area (Å²) in [7, 11) is 0. The highest BCUT2D eigenvalue weighted by Crippen LogP contribution is 2.02. The lowest BCUT2D eigenvalue weighted by Crippen LogP contribution is -2.01. The molecule has 0 saturated carbocycles. The van der Waals surface area contributed by atoms with Gasteiger partial charge in [0.1, 0.15) is 6.67 Å². The molecule has 9 heavy (non-hydrogen) atoms. The van der Waals surface area contributed by atoms with Crippen molar-refractivity contribution in [3.63, 3.8) is 0 Å². The first-order valence-corrected chi connectivity index (χ1v) is 3.32. The van der Waals surface area contributed by atoms with Gasteiger partial charge in [0.15, 0.2) is 0 Å². The summed E-state index contributed by atoms with van der Waals surface area (Å²) in [6.45, 7) is 5.03. The van der Waals surface area contributed by atoms with Crippen molar-refractivity contribution in [1.29, 1.82) is 0 Å². The second-order valence-electron chi connectivity index (χ2n) is 2.70. The lowest BCUT2D eigenvalue weighted by molar-refractivity contribution is 0.687. The van der Waals surface area contributed by atoms with Gasteiger partial charge in [0.05, 0.1) is 5.71 Å². The van der Waals surface area contributed by atoms with Crippen LogP contribution in [0.2, 0.25) is 0 Å². The largest absolute Gasteiger partial charge is 0.268 e. The molecule has 1 heterocycles. The van der Waals surface area contributed by atoms with Gasteiger partial charge in [-0.05, 0) is 12.3 Å². The fourth-order valence-corrected chi connectivity index (χ4v) is 0.854. The van der Waals surface area contributed by atoms with Crippen LogP contribution in [0.3, 0.4) is 0 Å². The van der Waals surface area contributed by atoms with Crippen LogP contribution in [-0.4, -0.2) is 18.6 Å². The van der Waals surface area contributed by atoms with Crippen LogP contribution < -0.4 is 0 Å². The Kier molecular flexibility index (Phi) is 1.98. The standard InChI is InChI=1S/C7H12N2/c1-6(2)3-7-4-8-5-9-7/h4,6H,3,5H2,1-2H3. The van der Waals surface area contributed by atoms with Gasteiger partial charge < -0.3 is 0 Å². The molecule has 0 fully saturated rings. The maximum atomic E-state index is 4.17. The molecule has 0 amide bonds. The monoisotopic (exact) mass is 124 g/mol. The van der Waals surface area contributed by atoms with E-state index in [4.69, 9.17) is 0 Å². The lowest BCUT2D eigenvalue weighted by Gasteiger charge is -1.99. The van der Waals surface area contributed by atoms with Gasteiger partial charge in [-0.2, -0.15) is 0 Å². The van der Waals surface area contributed by atoms with Crippen LogP contribution in [0.5, 0.6) is 0 Å². The van der Waals surface area contributed by atoms with Crippen molar-refractivity contribution in [2.75, 3.05) is 6.67 Å². The van der Waals surface area contributed by atoms with E-state index >= 15 is 0 Å². The first-order valence-electron chi connectivity index (χ1n) is 3.32. The summed E-state index contributed by atoms with van der Waals surface area (Å²) in [5, 5.41) is 0. The van der Waals surface area contributed by atoms with E-state index in [1.165, 1.54) is 0 Å². The molecule has 0 aliphatic carbocycles. The molecule has 0 saturated heterocycles. The Labute approximate surface area is 55.7 Å². The minimum Gasteiger partial charge on any atom is -0.268 e. The average molecular weight is 124 g/mol. The number of rotatable bonds is 2. The molecule has 0 aromatic rings. The third-order valence-electron chi connectivity index (χ3n) is 1.21. The van der Waals surface area contributed by atoms with Crippen molar-refractivity contribution in [3.05, 3.63) is 0 Å². The minimum absolute atomic E-state index is 0.655. The molecule has 2 heteroatoms. The van der Waals surface area contributed by atoms with Crippen LogP contribution in [0, 0.1) is 5.92 Å². The van der Waals surface area contributed by atoms with Crippen LogP contribution in [0.25, 0.3) is 0 Å². The molecule has 0 aromatic carbocycles. The first-order chi connectivity index (χ1) is 4.29. The smallest absolute Gasteiger partial charge is 0.129 e. The average Bonchev–Trinajstić information content (AvgIpc) is 2.15. The molecule has 0 N–H and O–H groups in total. The molecule has 0 unspecified atom stereocenters. The van der Waals surface area contributed by atoms with Crippen LogP contribution in [0.1, 0.15) is 20.3 Å². The summed E-state index contributed by atoms with van der Waals surface area (Å²) < 4.78 is 0. The van der Waals surface area contributed by atoms with Gasteiger partial charge >= 0.3 is 0 Å². The molecule has 1 aliphatic rings. The van der Waals surface area contributed by atoms with Crippen molar-refractivity contribution < 1.29 is 0 Å². The molecule has 0 aromatic heterocycles. The van der Waals surface area contributed by atoms with Gasteiger partial charge in [-0.3, -0.25) is 9.98 Å². The maximum absolute atomic E-state index is 4.17. The van der Waals surface area contributed by atoms with Crippen LogP contribution in [-0.2, 0) is 0 Å². The maximum Gasteiger partial charge on any atom is 0.129 e. The van der Waals surface area contributed by atoms with Crippen molar-refractivity contribution in [2.45, 2.75) is 20.3 Å². The summed E-state index contributed by atoms with van der Waals surface area (Å²) in [6.07, 6.45) is 2.95. The van der Waals surface area contributed by atoms with Crippen LogP contribution in [0.15, 0.2) is 9.98 Å². The third-order valence-corrected chi connectivity index (χ3v) is 1.21. The van der Waals surface area contributed by atoms with Gasteiger partial charge in [0.2, 0.25) is 0 Å². The zero-order valence-electron chi connectivity index (χ0n) is 5.96. The van der Waals surface area contributed by atoms with E-state index < -0.39 is 0 Å². The van der Waals surface area contributed by atoms with Crippen molar-refractivity contribution in [3.8, 4) is 0 Å². The second kappa shape index (κ2) is 2.76. The summed E-state index contributed by atoms with van der Waals surface area (Å²) >= 11 is 0. The predicted octanol–water partition coefficient (Wildman–Crippen LogP) is 1.52. The topological polar surface area (TPSA) is 24.7 Å². The molecular formula is C7H12N2. The Morgan fingerprint density at radius 1 is 1.67 bits per heavy atom. The summed E-state index contributed by atoms with van der Waals surface area (Å²) in [4.78, 5) is 8.16. The van der Waals surface area contributed by atoms with Crippen molar-refractivity contribution in [2.24, 2.45) is 15.9 Å². The van der Waals surface area contributed by atoms with Gasteiger partial charge in [-0.15, -0.1) is 0 Å². The normalized spacial score (nSPS) is 17.0. The molecule has 0 atom stereocenters. The van der Waals surface area contributed by atoms with Crippen LogP contribution >= 0.6 is 0 Å². The van der Waals surface area contributed by atoms with E-state index in [0.717, 1.165) is 12.1 Å². The van der Waals surface area contributed by atoms with Gasteiger partial charge in [0.25, 0.3) is 0 Å². The number of hydrogen-bond acceptors (Lipinski definition) is 2. The predicted molar refractivity (Wildman–Crippen MR) is 40.2 cm³/mol. The van der Waals surface area contributed by atoms with Gasteiger partial charge in [-0.1, -0.05) is 13.8 Å². The Morgan fingerprint density at radius 3 is 2.89 bits per heavy atom. The van der Waals surface area contributed by atoms with Crippen molar-refractivity contribution >= 4 is 11.9 Å². The van der Waals surface area contributed by atoms with Gasteiger partial charge in [-0.25, -0.2) is 0 Å². The summed E-state index contributed by atoms with van der Waals surface area (Å²) in [5.74, 6) is 0.702. The fraction of sp³-hybridized carbons (Fsp3) is 0.714. The fourth-order valence-electron chi connectivity index (χ4n) is 0.854. The molecule has 0 spiro atoms. The third kappa shape index (κ3) is 1.96. The van der Waals surface area contributed by atoms with E-state index in [0.29, 0.717) is 12.6 Å².